The number of hydrogen-bond acceptors (Lipinski definition) is 4. The minimum atomic E-state index is -0.292. The lowest BCUT2D eigenvalue weighted by atomic mass is 10.1. The van der Waals surface area contributed by atoms with E-state index < -0.39 is 0 Å². The van der Waals surface area contributed by atoms with Crippen molar-refractivity contribution < 1.29 is 4.39 Å². The lowest BCUT2D eigenvalue weighted by Gasteiger charge is -2.26. The molecule has 0 bridgehead atoms. The third-order valence-corrected chi connectivity index (χ3v) is 6.25. The van der Waals surface area contributed by atoms with Gasteiger partial charge in [0.1, 0.15) is 5.82 Å². The Hall–Kier alpha value is -1.89. The second-order valence-corrected chi connectivity index (χ2v) is 8.25. The van der Waals surface area contributed by atoms with Crippen LogP contribution in [0.15, 0.2) is 53.7 Å². The zero-order valence-electron chi connectivity index (χ0n) is 15.5. The molecule has 0 N–H and O–H groups in total. The Kier molecular flexibility index (Phi) is 6.29. The molecule has 1 fully saturated rings. The zero-order valence-corrected chi connectivity index (χ0v) is 17.1. The van der Waals surface area contributed by atoms with Crippen molar-refractivity contribution in [3.8, 4) is 5.69 Å². The summed E-state index contributed by atoms with van der Waals surface area (Å²) >= 11 is 7.64. The van der Waals surface area contributed by atoms with E-state index >= 15 is 0 Å². The highest BCUT2D eigenvalue weighted by atomic mass is 35.5. The van der Waals surface area contributed by atoms with E-state index in [1.165, 1.54) is 37.1 Å². The molecule has 0 saturated carbocycles. The molecule has 0 aliphatic carbocycles. The van der Waals surface area contributed by atoms with E-state index in [1.807, 2.05) is 30.3 Å². The number of para-hydroxylation sites is 1. The topological polar surface area (TPSA) is 34.0 Å². The Balaban J connectivity index is 1.61. The van der Waals surface area contributed by atoms with Gasteiger partial charge in [-0.1, -0.05) is 54.0 Å². The predicted molar refractivity (Wildman–Crippen MR) is 111 cm³/mol. The van der Waals surface area contributed by atoms with Crippen molar-refractivity contribution in [3.63, 3.8) is 0 Å². The molecule has 28 heavy (non-hydrogen) atoms. The van der Waals surface area contributed by atoms with Crippen LogP contribution in [0.2, 0.25) is 5.02 Å². The molecule has 2 aromatic carbocycles. The zero-order chi connectivity index (χ0) is 19.3. The van der Waals surface area contributed by atoms with Gasteiger partial charge in [0.25, 0.3) is 0 Å². The minimum Gasteiger partial charge on any atom is -0.296 e. The number of rotatable bonds is 6. The molecular formula is C21H22ClFN4S. The van der Waals surface area contributed by atoms with Crippen molar-refractivity contribution in [2.24, 2.45) is 0 Å². The van der Waals surface area contributed by atoms with Gasteiger partial charge in [-0.3, -0.25) is 9.47 Å². The fraction of sp³-hybridized carbons (Fsp3) is 0.333. The highest BCUT2D eigenvalue weighted by molar-refractivity contribution is 7.98. The highest BCUT2D eigenvalue weighted by Gasteiger charge is 2.19. The molecule has 1 aromatic heterocycles. The fourth-order valence-corrected chi connectivity index (χ4v) is 4.77. The smallest absolute Gasteiger partial charge is 0.196 e. The van der Waals surface area contributed by atoms with Crippen molar-refractivity contribution >= 4 is 23.4 Å². The van der Waals surface area contributed by atoms with Crippen LogP contribution in [0.3, 0.4) is 0 Å². The van der Waals surface area contributed by atoms with Crippen LogP contribution in [0.1, 0.15) is 30.7 Å². The van der Waals surface area contributed by atoms with Crippen LogP contribution in [-0.2, 0) is 12.3 Å². The second kappa shape index (κ2) is 9.07. The Morgan fingerprint density at radius 3 is 2.50 bits per heavy atom. The van der Waals surface area contributed by atoms with Crippen molar-refractivity contribution in [1.82, 2.24) is 19.7 Å². The van der Waals surface area contributed by atoms with E-state index in [4.69, 9.17) is 11.6 Å². The van der Waals surface area contributed by atoms with Gasteiger partial charge in [0, 0.05) is 22.0 Å². The Bertz CT molecular complexity index is 905. The average molecular weight is 417 g/mol. The van der Waals surface area contributed by atoms with Crippen LogP contribution < -0.4 is 0 Å². The first-order valence-electron chi connectivity index (χ1n) is 9.50. The number of hydrogen-bond donors (Lipinski definition) is 0. The maximum absolute atomic E-state index is 14.1. The normalized spacial score (nSPS) is 15.1. The van der Waals surface area contributed by atoms with E-state index in [1.54, 1.807) is 12.1 Å². The van der Waals surface area contributed by atoms with Gasteiger partial charge in [-0.25, -0.2) is 4.39 Å². The van der Waals surface area contributed by atoms with Crippen LogP contribution in [0.25, 0.3) is 5.69 Å². The SMILES string of the molecule is Fc1cccc(Cl)c1CSc1nnc(CN2CCCCC2)n1-c1ccccc1. The van der Waals surface area contributed by atoms with Crippen LogP contribution in [-0.4, -0.2) is 32.8 Å². The summed E-state index contributed by atoms with van der Waals surface area (Å²) in [7, 11) is 0. The quantitative estimate of drug-likeness (QED) is 0.508. The molecule has 0 spiro atoms. The molecule has 2 heterocycles. The predicted octanol–water partition coefficient (Wildman–Crippen LogP) is 5.34. The van der Waals surface area contributed by atoms with Crippen molar-refractivity contribution in [3.05, 3.63) is 70.8 Å². The summed E-state index contributed by atoms with van der Waals surface area (Å²) < 4.78 is 16.2. The van der Waals surface area contributed by atoms with Gasteiger partial charge >= 0.3 is 0 Å². The molecule has 146 valence electrons. The lowest BCUT2D eigenvalue weighted by Crippen LogP contribution is -2.30. The van der Waals surface area contributed by atoms with Gasteiger partial charge in [0.05, 0.1) is 6.54 Å². The minimum absolute atomic E-state index is 0.292. The number of aromatic nitrogens is 3. The summed E-state index contributed by atoms with van der Waals surface area (Å²) in [5.74, 6) is 1.02. The molecule has 7 heteroatoms. The molecule has 3 aromatic rings. The van der Waals surface area contributed by atoms with Crippen LogP contribution in [0.5, 0.6) is 0 Å². The van der Waals surface area contributed by atoms with Crippen LogP contribution in [0.4, 0.5) is 4.39 Å². The van der Waals surface area contributed by atoms with Crippen LogP contribution in [0, 0.1) is 5.82 Å². The summed E-state index contributed by atoms with van der Waals surface area (Å²) in [6.45, 7) is 2.95. The van der Waals surface area contributed by atoms with Gasteiger partial charge in [-0.05, 0) is 50.2 Å². The van der Waals surface area contributed by atoms with E-state index in [9.17, 15) is 4.39 Å². The number of nitrogens with zero attached hydrogens (tertiary/aromatic N) is 4. The fourth-order valence-electron chi connectivity index (χ4n) is 3.46. The van der Waals surface area contributed by atoms with E-state index in [-0.39, 0.29) is 5.82 Å². The summed E-state index contributed by atoms with van der Waals surface area (Å²) in [4.78, 5) is 2.43. The van der Waals surface area contributed by atoms with Gasteiger partial charge in [-0.15, -0.1) is 10.2 Å². The first kappa shape index (κ1) is 19.4. The molecule has 0 atom stereocenters. The monoisotopic (exact) mass is 416 g/mol. The molecule has 0 radical (unpaired) electrons. The second-order valence-electron chi connectivity index (χ2n) is 6.90. The maximum atomic E-state index is 14.1. The summed E-state index contributed by atoms with van der Waals surface area (Å²) in [6, 6.07) is 14.9. The first-order chi connectivity index (χ1) is 13.7. The number of thioether (sulfide) groups is 1. The molecular weight excluding hydrogens is 395 g/mol. The van der Waals surface area contributed by atoms with E-state index in [2.05, 4.69) is 19.7 Å². The Morgan fingerprint density at radius 1 is 0.964 bits per heavy atom. The van der Waals surface area contributed by atoms with Crippen LogP contribution >= 0.6 is 23.4 Å². The van der Waals surface area contributed by atoms with Gasteiger partial charge in [0.15, 0.2) is 11.0 Å². The molecule has 1 aliphatic heterocycles. The van der Waals surface area contributed by atoms with Crippen molar-refractivity contribution in [2.75, 3.05) is 13.1 Å². The number of likely N-dealkylation sites (tertiary alicyclic amines) is 1. The third kappa shape index (κ3) is 4.40. The molecule has 1 saturated heterocycles. The number of benzene rings is 2. The highest BCUT2D eigenvalue weighted by Crippen LogP contribution is 2.30. The van der Waals surface area contributed by atoms with Crippen molar-refractivity contribution in [1.29, 1.82) is 0 Å². The third-order valence-electron chi connectivity index (χ3n) is 4.94. The molecule has 0 unspecified atom stereocenters. The average Bonchev–Trinajstić information content (AvgIpc) is 3.11. The van der Waals surface area contributed by atoms with E-state index in [0.717, 1.165) is 36.3 Å². The molecule has 1 aliphatic rings. The first-order valence-corrected chi connectivity index (χ1v) is 10.9. The number of piperidine rings is 1. The van der Waals surface area contributed by atoms with Crippen molar-refractivity contribution in [2.45, 2.75) is 36.7 Å². The standard InChI is InChI=1S/C21H22ClFN4S/c22-18-10-7-11-19(23)17(18)15-28-21-25-24-20(14-26-12-5-2-6-13-26)27(21)16-8-3-1-4-9-16/h1,3-4,7-11H,2,5-6,12-15H2. The summed E-state index contributed by atoms with van der Waals surface area (Å²) in [6.07, 6.45) is 3.76. The molecule has 4 rings (SSSR count). The lowest BCUT2D eigenvalue weighted by molar-refractivity contribution is 0.214. The molecule has 0 amide bonds. The van der Waals surface area contributed by atoms with E-state index in [0.29, 0.717) is 16.3 Å². The molecule has 4 nitrogen and oxygen atoms in total. The van der Waals surface area contributed by atoms with Gasteiger partial charge < -0.3 is 0 Å². The number of halogens is 2. The Morgan fingerprint density at radius 2 is 1.75 bits per heavy atom. The summed E-state index contributed by atoms with van der Waals surface area (Å²) in [5.41, 5.74) is 1.51. The summed E-state index contributed by atoms with van der Waals surface area (Å²) in [5, 5.41) is 10.1. The van der Waals surface area contributed by atoms with Gasteiger partial charge in [-0.2, -0.15) is 0 Å². The van der Waals surface area contributed by atoms with Gasteiger partial charge in [0.2, 0.25) is 0 Å². The largest absolute Gasteiger partial charge is 0.296 e. The maximum Gasteiger partial charge on any atom is 0.196 e. The Labute approximate surface area is 173 Å².